The van der Waals surface area contributed by atoms with Crippen LogP contribution in [0.4, 0.5) is 0 Å². The Bertz CT molecular complexity index is 1480. The summed E-state index contributed by atoms with van der Waals surface area (Å²) >= 11 is 0. The fourth-order valence-electron chi connectivity index (χ4n) is 5.25. The Labute approximate surface area is 635 Å². The SMILES string of the molecule is C.C.C.C.C.C.C.C.C.C.C.C.C.C.C.C.C=C.C=C.C=C.C=C.CC/C=N/OOCC(COO/N=C/CC)OCC(COC(COO/N=C/CC)COO/N=C/CC)OC(COC(COCCOCCC#N)COCCOCCC#N)COC(COCCOCCC#N)COCCOCCC#N. The number of nitrogens with zero attached hydrogens (tertiary/aromatic N) is 8. The predicted octanol–water partition coefficient (Wildman–Crippen LogP) is 17.8. The van der Waals surface area contributed by atoms with Crippen LogP contribution < -0.4 is 0 Å². The van der Waals surface area contributed by atoms with E-state index in [0.717, 1.165) is 0 Å². The minimum absolute atomic E-state index is 0. The second-order valence-electron chi connectivity index (χ2n) is 15.8. The zero-order valence-corrected chi connectivity index (χ0v) is 52.2. The Hall–Kier alpha value is -5.88. The van der Waals surface area contributed by atoms with Crippen molar-refractivity contribution in [3.8, 4) is 24.3 Å². The van der Waals surface area contributed by atoms with Gasteiger partial charge in [-0.25, -0.2) is 20.0 Å². The highest BCUT2D eigenvalue weighted by Gasteiger charge is 2.26. The van der Waals surface area contributed by atoms with Crippen LogP contribution in [0.15, 0.2) is 73.3 Å². The summed E-state index contributed by atoms with van der Waals surface area (Å²) in [6.07, 6.45) is 4.62. The largest absolute Gasteiger partial charge is 0.378 e. The lowest BCUT2D eigenvalue weighted by atomic mass is 10.3. The van der Waals surface area contributed by atoms with Gasteiger partial charge in [-0.05, 0) is 25.7 Å². The quantitative estimate of drug-likeness (QED) is 0.0179. The first kappa shape index (κ1) is 155. The first-order valence-electron chi connectivity index (χ1n) is 28.4. The van der Waals surface area contributed by atoms with Crippen LogP contribution in [0, 0.1) is 45.3 Å². The highest BCUT2D eigenvalue weighted by molar-refractivity contribution is 5.56. The molecule has 0 N–H and O–H groups in total. The molecular weight excluding hydrogens is 1340 g/mol. The molecule has 0 saturated heterocycles. The average molecular weight is 1500 g/mol. The molecule has 0 atom stereocenters. The fourth-order valence-corrected chi connectivity index (χ4v) is 5.25. The monoisotopic (exact) mass is 1500 g/mol. The van der Waals surface area contributed by atoms with Crippen LogP contribution in [0.5, 0.6) is 0 Å². The molecule has 0 aromatic carbocycles. The molecule has 0 spiro atoms. The fraction of sp³-hybridized carbons (Fsp3) is 0.784. The van der Waals surface area contributed by atoms with E-state index in [-0.39, 0.29) is 303 Å². The molecule has 0 bridgehead atoms. The Morgan fingerprint density at radius 3 is 0.602 bits per heavy atom. The van der Waals surface area contributed by atoms with Crippen LogP contribution in [-0.2, 0) is 101 Å². The molecule has 0 aromatic rings. The number of ether oxygens (including phenoxy) is 13. The maximum Gasteiger partial charge on any atom is 0.125 e. The summed E-state index contributed by atoms with van der Waals surface area (Å²) in [6.45, 7) is 33.4. The van der Waals surface area contributed by atoms with Crippen molar-refractivity contribution in [3.05, 3.63) is 52.6 Å². The standard InChI is InChI=1S/C50H86N8O21.4C2H4.16CH4/c1-5-17-55-76-71-41-47(42-72-77-56-18-6-2)69-39-50(40-70-48(43-73-78-57-19-7-3)44-74-79-58-20-8-4)75-49(37-67-45(33-63-29-25-59-21-9-13-51)34-64-30-26-60-22-10-14-52)38-68-46(35-65-31-27-61-23-11-15-53)36-66-32-28-62-24-12-16-54;4*1-2;;;;;;;;;;;;;;;;/h17-20,45-50H,5-12,21-44H2,1-4H3;4*1-2H2;16*1H4/b55-17+,56-18+,57-19+,58-20+;;;;;;;;;;;;;;;;;;;;. The highest BCUT2D eigenvalue weighted by Crippen LogP contribution is 2.12. The normalized spacial score (nSPS) is 9.30. The number of hydrogen-bond acceptors (Lipinski definition) is 29. The lowest BCUT2D eigenvalue weighted by molar-refractivity contribution is -0.340. The maximum atomic E-state index is 8.88. The van der Waals surface area contributed by atoms with E-state index in [2.05, 4.69) is 73.3 Å². The molecule has 628 valence electrons. The summed E-state index contributed by atoms with van der Waals surface area (Å²) in [7, 11) is 0. The molecule has 0 radical (unpaired) electrons. The van der Waals surface area contributed by atoms with Crippen molar-refractivity contribution in [2.24, 2.45) is 20.6 Å². The van der Waals surface area contributed by atoms with Gasteiger partial charge in [0.15, 0.2) is 0 Å². The van der Waals surface area contributed by atoms with Gasteiger partial charge < -0.3 is 61.6 Å². The molecule has 0 amide bonds. The smallest absolute Gasteiger partial charge is 0.125 e. The second kappa shape index (κ2) is 146. The molecule has 29 nitrogen and oxygen atoms in total. The number of rotatable bonds is 62. The van der Waals surface area contributed by atoms with Crippen LogP contribution in [0.25, 0.3) is 0 Å². The molecule has 0 aliphatic rings. The Kier molecular flexibility index (Phi) is 220. The number of oxime groups is 4. The van der Waals surface area contributed by atoms with Gasteiger partial charge in [0.2, 0.25) is 0 Å². The molecule has 0 aromatic heterocycles. The molecule has 0 heterocycles. The summed E-state index contributed by atoms with van der Waals surface area (Å²) in [5.41, 5.74) is 0. The second-order valence-corrected chi connectivity index (χ2v) is 15.8. The lowest BCUT2D eigenvalue weighted by Crippen LogP contribution is -2.42. The van der Waals surface area contributed by atoms with Crippen molar-refractivity contribution in [2.45, 2.75) is 235 Å². The molecule has 0 rings (SSSR count). The van der Waals surface area contributed by atoms with E-state index in [1.165, 1.54) is 24.9 Å². The van der Waals surface area contributed by atoms with Gasteiger partial charge in [-0.1, -0.05) is 167 Å². The third-order valence-corrected chi connectivity index (χ3v) is 9.02. The highest BCUT2D eigenvalue weighted by atomic mass is 17.3. The zero-order chi connectivity index (χ0) is 65.4. The van der Waals surface area contributed by atoms with Gasteiger partial charge >= 0.3 is 0 Å². The van der Waals surface area contributed by atoms with E-state index in [0.29, 0.717) is 25.7 Å². The zero-order valence-electron chi connectivity index (χ0n) is 52.2. The first-order valence-corrected chi connectivity index (χ1v) is 28.4. The van der Waals surface area contributed by atoms with E-state index < -0.39 is 36.6 Å². The first-order chi connectivity index (χ1) is 43.0. The molecule has 0 fully saturated rings. The van der Waals surface area contributed by atoms with Crippen molar-refractivity contribution < 1.29 is 101 Å². The average Bonchev–Trinajstić information content (AvgIpc) is 0.911. The minimum Gasteiger partial charge on any atom is -0.378 e. The van der Waals surface area contributed by atoms with Gasteiger partial charge in [0.1, 0.15) is 63.1 Å². The molecular formula is C74H166N8O21. The Morgan fingerprint density at radius 2 is 0.427 bits per heavy atom. The van der Waals surface area contributed by atoms with Gasteiger partial charge in [-0.15, -0.1) is 52.6 Å². The molecule has 0 aliphatic carbocycles. The predicted molar refractivity (Wildman–Crippen MR) is 431 cm³/mol. The van der Waals surface area contributed by atoms with Crippen molar-refractivity contribution in [1.82, 2.24) is 0 Å². The third-order valence-electron chi connectivity index (χ3n) is 9.02. The molecule has 103 heavy (non-hydrogen) atoms. The van der Waals surface area contributed by atoms with Gasteiger partial charge in [0.05, 0.1) is 182 Å². The van der Waals surface area contributed by atoms with Crippen LogP contribution in [0.1, 0.15) is 198 Å². The van der Waals surface area contributed by atoms with E-state index >= 15 is 0 Å². The van der Waals surface area contributed by atoms with Crippen molar-refractivity contribution in [1.29, 1.82) is 21.0 Å². The van der Waals surface area contributed by atoms with E-state index in [1.54, 1.807) is 0 Å². The maximum absolute atomic E-state index is 8.88. The van der Waals surface area contributed by atoms with E-state index in [1.807, 2.05) is 52.0 Å². The van der Waals surface area contributed by atoms with Crippen LogP contribution in [0.3, 0.4) is 0 Å². The van der Waals surface area contributed by atoms with Crippen LogP contribution in [0.2, 0.25) is 0 Å². The Morgan fingerprint density at radius 1 is 0.252 bits per heavy atom. The molecule has 0 aliphatic heterocycles. The summed E-state index contributed by atoms with van der Waals surface area (Å²) in [6, 6.07) is 8.14. The van der Waals surface area contributed by atoms with Gasteiger partial charge in [0, 0.05) is 24.9 Å². The Balaban J connectivity index is -0.000000142. The summed E-state index contributed by atoms with van der Waals surface area (Å²) in [5.74, 6) is 0. The number of nitriles is 4. The topological polar surface area (TPSA) is 338 Å². The summed E-state index contributed by atoms with van der Waals surface area (Å²) in [4.78, 5) is 41.0. The van der Waals surface area contributed by atoms with Gasteiger partial charge in [-0.2, -0.15) is 40.6 Å². The molecule has 0 saturated carbocycles. The molecule has 0 unspecified atom stereocenters. The molecule has 29 heteroatoms. The van der Waals surface area contributed by atoms with Crippen molar-refractivity contribution in [3.63, 3.8) is 0 Å². The minimum atomic E-state index is -0.928. The van der Waals surface area contributed by atoms with Crippen LogP contribution in [-0.4, -0.2) is 220 Å². The third kappa shape index (κ3) is 126. The van der Waals surface area contributed by atoms with E-state index in [4.69, 9.17) is 122 Å². The van der Waals surface area contributed by atoms with Crippen molar-refractivity contribution >= 4 is 24.9 Å². The summed E-state index contributed by atoms with van der Waals surface area (Å²) < 4.78 is 77.9. The lowest BCUT2D eigenvalue weighted by Gasteiger charge is -2.29. The van der Waals surface area contributed by atoms with Crippen molar-refractivity contribution in [2.75, 3.05) is 159 Å². The van der Waals surface area contributed by atoms with Gasteiger partial charge in [-0.3, -0.25) is 0 Å². The van der Waals surface area contributed by atoms with Gasteiger partial charge in [0.25, 0.3) is 0 Å². The van der Waals surface area contributed by atoms with Crippen LogP contribution >= 0.6 is 0 Å². The number of hydrogen-bond donors (Lipinski definition) is 0. The van der Waals surface area contributed by atoms with E-state index in [9.17, 15) is 0 Å². The summed E-state index contributed by atoms with van der Waals surface area (Å²) in [5, 5.41) is 50.5.